The third-order valence-electron chi connectivity index (χ3n) is 6.26. The van der Waals surface area contributed by atoms with Crippen LogP contribution in [-0.2, 0) is 10.3 Å². The molecule has 3 atom stereocenters. The van der Waals surface area contributed by atoms with Gasteiger partial charge in [0.15, 0.2) is 0 Å². The second kappa shape index (κ2) is 8.77. The van der Waals surface area contributed by atoms with Gasteiger partial charge in [-0.2, -0.15) is 0 Å². The number of halogens is 1. The standard InChI is InChI=1S/C26H28FNO3/c1-28(2)17-22-16-24(31-25(29)19-8-11-23(27)12-9-19)13-14-26(22,30)21-10-7-18-5-3-4-6-20(18)15-21/h3-12,15,22,24,30H,13-14,16-17H2,1-2H3. The number of ether oxygens (including phenoxy) is 1. The minimum atomic E-state index is -0.993. The number of carbonyl (C=O) groups is 1. The molecule has 1 saturated carbocycles. The smallest absolute Gasteiger partial charge is 0.338 e. The lowest BCUT2D eigenvalue weighted by molar-refractivity contribution is -0.0959. The Hall–Kier alpha value is -2.76. The first-order valence-corrected chi connectivity index (χ1v) is 10.7. The molecular formula is C26H28FNO3. The van der Waals surface area contributed by atoms with Gasteiger partial charge in [0.25, 0.3) is 0 Å². The molecule has 0 aliphatic heterocycles. The molecule has 0 spiro atoms. The molecular weight excluding hydrogens is 393 g/mol. The molecule has 3 aromatic carbocycles. The number of hydrogen-bond acceptors (Lipinski definition) is 4. The Bertz CT molecular complexity index is 1070. The first-order chi connectivity index (χ1) is 14.8. The fourth-order valence-electron chi connectivity index (χ4n) is 4.63. The highest BCUT2D eigenvalue weighted by Crippen LogP contribution is 2.43. The maximum Gasteiger partial charge on any atom is 0.338 e. The molecule has 1 aliphatic rings. The van der Waals surface area contributed by atoms with Crippen LogP contribution in [0, 0.1) is 11.7 Å². The maximum absolute atomic E-state index is 13.1. The predicted octanol–water partition coefficient (Wildman–Crippen LogP) is 4.75. The van der Waals surface area contributed by atoms with Crippen molar-refractivity contribution in [3.8, 4) is 0 Å². The van der Waals surface area contributed by atoms with Crippen molar-refractivity contribution in [3.05, 3.63) is 83.7 Å². The van der Waals surface area contributed by atoms with Crippen LogP contribution in [-0.4, -0.2) is 42.7 Å². The fraction of sp³-hybridized carbons (Fsp3) is 0.346. The molecule has 0 radical (unpaired) electrons. The van der Waals surface area contributed by atoms with Crippen LogP contribution >= 0.6 is 0 Å². The molecule has 1 aliphatic carbocycles. The van der Waals surface area contributed by atoms with Gasteiger partial charge in [-0.25, -0.2) is 9.18 Å². The number of nitrogens with zero attached hydrogens (tertiary/aromatic N) is 1. The highest BCUT2D eigenvalue weighted by atomic mass is 19.1. The average molecular weight is 422 g/mol. The summed E-state index contributed by atoms with van der Waals surface area (Å²) in [6.07, 6.45) is 1.35. The normalized spacial score (nSPS) is 23.8. The van der Waals surface area contributed by atoms with Crippen LogP contribution < -0.4 is 0 Å². The molecule has 4 nitrogen and oxygen atoms in total. The third kappa shape index (κ3) is 4.63. The molecule has 5 heteroatoms. The SMILES string of the molecule is CN(C)CC1CC(OC(=O)c2ccc(F)cc2)CCC1(O)c1ccc2ccccc2c1. The molecule has 0 bridgehead atoms. The average Bonchev–Trinajstić information content (AvgIpc) is 2.76. The second-order valence-corrected chi connectivity index (χ2v) is 8.75. The van der Waals surface area contributed by atoms with Crippen LogP contribution in [0.15, 0.2) is 66.7 Å². The second-order valence-electron chi connectivity index (χ2n) is 8.75. The largest absolute Gasteiger partial charge is 0.459 e. The van der Waals surface area contributed by atoms with Crippen LogP contribution in [0.3, 0.4) is 0 Å². The Morgan fingerprint density at radius 1 is 1.10 bits per heavy atom. The minimum Gasteiger partial charge on any atom is -0.459 e. The first kappa shape index (κ1) is 21.5. The minimum absolute atomic E-state index is 0.0940. The van der Waals surface area contributed by atoms with E-state index >= 15 is 0 Å². The number of carbonyl (C=O) groups excluding carboxylic acids is 1. The van der Waals surface area contributed by atoms with Crippen molar-refractivity contribution in [2.45, 2.75) is 31.0 Å². The van der Waals surface area contributed by atoms with E-state index in [1.165, 1.54) is 24.3 Å². The Labute approximate surface area is 182 Å². The van der Waals surface area contributed by atoms with E-state index < -0.39 is 11.6 Å². The van der Waals surface area contributed by atoms with E-state index in [2.05, 4.69) is 29.2 Å². The van der Waals surface area contributed by atoms with Gasteiger partial charge >= 0.3 is 5.97 Å². The van der Waals surface area contributed by atoms with Gasteiger partial charge < -0.3 is 14.7 Å². The Balaban J connectivity index is 1.55. The van der Waals surface area contributed by atoms with Crippen LogP contribution in [0.25, 0.3) is 10.8 Å². The number of esters is 1. The third-order valence-corrected chi connectivity index (χ3v) is 6.26. The van der Waals surface area contributed by atoms with Gasteiger partial charge in [-0.1, -0.05) is 36.4 Å². The van der Waals surface area contributed by atoms with Crippen molar-refractivity contribution < 1.29 is 19.0 Å². The summed E-state index contributed by atoms with van der Waals surface area (Å²) in [7, 11) is 3.96. The Morgan fingerprint density at radius 3 is 2.52 bits per heavy atom. The summed E-state index contributed by atoms with van der Waals surface area (Å²) in [5, 5.41) is 14.0. The van der Waals surface area contributed by atoms with Crippen LogP contribution in [0.1, 0.15) is 35.2 Å². The molecule has 4 rings (SSSR count). The predicted molar refractivity (Wildman–Crippen MR) is 119 cm³/mol. The summed E-state index contributed by atoms with van der Waals surface area (Å²) in [6.45, 7) is 0.675. The number of hydrogen-bond donors (Lipinski definition) is 1. The number of benzene rings is 3. The van der Waals surface area contributed by atoms with E-state index in [1.807, 2.05) is 32.3 Å². The van der Waals surface area contributed by atoms with E-state index in [-0.39, 0.29) is 17.8 Å². The van der Waals surface area contributed by atoms with Gasteiger partial charge in [-0.15, -0.1) is 0 Å². The zero-order valence-electron chi connectivity index (χ0n) is 17.9. The van der Waals surface area contributed by atoms with E-state index in [1.54, 1.807) is 0 Å². The molecule has 1 fully saturated rings. The van der Waals surface area contributed by atoms with Crippen LogP contribution in [0.4, 0.5) is 4.39 Å². The molecule has 162 valence electrons. The Morgan fingerprint density at radius 2 is 1.81 bits per heavy atom. The van der Waals surface area contributed by atoms with Crippen molar-refractivity contribution in [3.63, 3.8) is 0 Å². The highest BCUT2D eigenvalue weighted by molar-refractivity contribution is 5.89. The van der Waals surface area contributed by atoms with Gasteiger partial charge in [-0.3, -0.25) is 0 Å². The lowest BCUT2D eigenvalue weighted by Crippen LogP contribution is -2.47. The quantitative estimate of drug-likeness (QED) is 0.604. The maximum atomic E-state index is 13.1. The molecule has 3 unspecified atom stereocenters. The van der Waals surface area contributed by atoms with Crippen molar-refractivity contribution >= 4 is 16.7 Å². The lowest BCUT2D eigenvalue weighted by Gasteiger charge is -2.44. The summed E-state index contributed by atoms with van der Waals surface area (Å²) >= 11 is 0. The molecule has 31 heavy (non-hydrogen) atoms. The summed E-state index contributed by atoms with van der Waals surface area (Å²) < 4.78 is 18.9. The fourth-order valence-corrected chi connectivity index (χ4v) is 4.63. The molecule has 0 aromatic heterocycles. The summed E-state index contributed by atoms with van der Waals surface area (Å²) in [6, 6.07) is 19.6. The Kier molecular flexibility index (Phi) is 6.08. The van der Waals surface area contributed by atoms with Crippen LogP contribution in [0.5, 0.6) is 0 Å². The molecule has 1 N–H and O–H groups in total. The molecule has 0 heterocycles. The number of rotatable bonds is 5. The van der Waals surface area contributed by atoms with Crippen molar-refractivity contribution in [2.75, 3.05) is 20.6 Å². The van der Waals surface area contributed by atoms with Gasteiger partial charge in [0.2, 0.25) is 0 Å². The number of aliphatic hydroxyl groups is 1. The van der Waals surface area contributed by atoms with Crippen molar-refractivity contribution in [2.24, 2.45) is 5.92 Å². The first-order valence-electron chi connectivity index (χ1n) is 10.7. The van der Waals surface area contributed by atoms with E-state index in [0.717, 1.165) is 16.3 Å². The van der Waals surface area contributed by atoms with E-state index in [4.69, 9.17) is 4.74 Å². The summed E-state index contributed by atoms with van der Waals surface area (Å²) in [4.78, 5) is 14.6. The summed E-state index contributed by atoms with van der Waals surface area (Å²) in [5.41, 5.74) is 0.245. The zero-order chi connectivity index (χ0) is 22.0. The van der Waals surface area contributed by atoms with Crippen LogP contribution in [0.2, 0.25) is 0 Å². The lowest BCUT2D eigenvalue weighted by atomic mass is 9.70. The molecule has 0 saturated heterocycles. The van der Waals surface area contributed by atoms with Gasteiger partial charge in [0.1, 0.15) is 11.9 Å². The topological polar surface area (TPSA) is 49.8 Å². The van der Waals surface area contributed by atoms with Gasteiger partial charge in [0.05, 0.1) is 11.2 Å². The van der Waals surface area contributed by atoms with Gasteiger partial charge in [-0.05, 0) is 80.0 Å². The zero-order valence-corrected chi connectivity index (χ0v) is 17.9. The van der Waals surface area contributed by atoms with E-state index in [9.17, 15) is 14.3 Å². The van der Waals surface area contributed by atoms with Crippen molar-refractivity contribution in [1.82, 2.24) is 4.90 Å². The summed E-state index contributed by atoms with van der Waals surface area (Å²) in [5.74, 6) is -0.936. The van der Waals surface area contributed by atoms with Gasteiger partial charge in [0, 0.05) is 12.5 Å². The van der Waals surface area contributed by atoms with E-state index in [0.29, 0.717) is 31.4 Å². The molecule has 3 aromatic rings. The van der Waals surface area contributed by atoms with Crippen molar-refractivity contribution in [1.29, 1.82) is 0 Å². The highest BCUT2D eigenvalue weighted by Gasteiger charge is 2.44. The monoisotopic (exact) mass is 421 g/mol. The number of fused-ring (bicyclic) bond motifs is 1. The molecule has 0 amide bonds.